The van der Waals surface area contributed by atoms with E-state index in [0.717, 1.165) is 0 Å². The summed E-state index contributed by atoms with van der Waals surface area (Å²) >= 11 is 0. The van der Waals surface area contributed by atoms with E-state index in [1.54, 1.807) is 31.2 Å². The van der Waals surface area contributed by atoms with Crippen molar-refractivity contribution in [3.8, 4) is 5.75 Å². The van der Waals surface area contributed by atoms with Gasteiger partial charge in [0.15, 0.2) is 0 Å². The minimum atomic E-state index is -0.366. The number of aliphatic hydroxyl groups excluding tert-OH is 1. The number of rotatable bonds is 5. The van der Waals surface area contributed by atoms with E-state index < -0.39 is 0 Å². The van der Waals surface area contributed by atoms with E-state index in [4.69, 9.17) is 11.5 Å². The zero-order valence-corrected chi connectivity index (χ0v) is 14.5. The zero-order chi connectivity index (χ0) is 17.7. The Balaban J connectivity index is 0.00000312. The first-order valence-electron chi connectivity index (χ1n) is 7.30. The Morgan fingerprint density at radius 1 is 1.36 bits per heavy atom. The number of pyridine rings is 1. The first-order chi connectivity index (χ1) is 11.4. The van der Waals surface area contributed by atoms with E-state index in [9.17, 15) is 15.0 Å². The van der Waals surface area contributed by atoms with Crippen molar-refractivity contribution in [1.82, 2.24) is 10.3 Å². The molecular formula is C17H21ClN4O3. The Hall–Kier alpha value is -2.77. The van der Waals surface area contributed by atoms with Gasteiger partial charge in [-0.05, 0) is 36.8 Å². The number of nitrogens with zero attached hydrogens (tertiary/aromatic N) is 1. The number of carbonyl (C=O) groups excluding carboxylic acids is 1. The molecule has 0 saturated carbocycles. The quantitative estimate of drug-likeness (QED) is 0.403. The van der Waals surface area contributed by atoms with Crippen molar-refractivity contribution in [3.63, 3.8) is 0 Å². The van der Waals surface area contributed by atoms with Gasteiger partial charge in [-0.1, -0.05) is 0 Å². The van der Waals surface area contributed by atoms with Crippen molar-refractivity contribution < 1.29 is 15.0 Å². The molecule has 0 aliphatic rings. The molecular weight excluding hydrogens is 344 g/mol. The number of benzene rings is 1. The molecule has 0 bridgehead atoms. The second kappa shape index (κ2) is 8.91. The van der Waals surface area contributed by atoms with Crippen molar-refractivity contribution >= 4 is 35.8 Å². The highest BCUT2D eigenvalue weighted by Gasteiger charge is 2.11. The average Bonchev–Trinajstić information content (AvgIpc) is 2.57. The molecule has 0 aliphatic carbocycles. The van der Waals surface area contributed by atoms with Crippen LogP contribution in [-0.2, 0) is 17.9 Å². The largest absolute Gasteiger partial charge is 0.506 e. The van der Waals surface area contributed by atoms with Gasteiger partial charge in [0.25, 0.3) is 0 Å². The molecule has 1 heterocycles. The second-order valence-corrected chi connectivity index (χ2v) is 5.29. The maximum Gasteiger partial charge on any atom is 0.244 e. The molecule has 2 aromatic rings. The number of hydrogen-bond acceptors (Lipinski definition) is 6. The highest BCUT2D eigenvalue weighted by Crippen LogP contribution is 2.23. The van der Waals surface area contributed by atoms with Crippen LogP contribution < -0.4 is 16.8 Å². The van der Waals surface area contributed by atoms with Gasteiger partial charge in [-0.15, -0.1) is 12.4 Å². The maximum absolute atomic E-state index is 12.0. The maximum atomic E-state index is 12.0. The number of hydrogen-bond donors (Lipinski definition) is 5. The third-order valence-electron chi connectivity index (χ3n) is 3.57. The lowest BCUT2D eigenvalue weighted by Gasteiger charge is -2.11. The van der Waals surface area contributed by atoms with Gasteiger partial charge >= 0.3 is 0 Å². The molecule has 8 heteroatoms. The smallest absolute Gasteiger partial charge is 0.244 e. The van der Waals surface area contributed by atoms with Crippen LogP contribution in [0.5, 0.6) is 5.75 Å². The summed E-state index contributed by atoms with van der Waals surface area (Å²) in [4.78, 5) is 15.9. The van der Waals surface area contributed by atoms with Crippen LogP contribution in [0.15, 0.2) is 30.5 Å². The lowest BCUT2D eigenvalue weighted by Crippen LogP contribution is -2.21. The molecule has 0 unspecified atom stereocenters. The fourth-order valence-corrected chi connectivity index (χ4v) is 2.16. The lowest BCUT2D eigenvalue weighted by molar-refractivity contribution is -0.116. The predicted octanol–water partition coefficient (Wildman–Crippen LogP) is 1.50. The molecule has 0 aliphatic heterocycles. The number of nitrogen functional groups attached to an aromatic ring is 2. The van der Waals surface area contributed by atoms with E-state index in [2.05, 4.69) is 10.3 Å². The van der Waals surface area contributed by atoms with E-state index in [0.29, 0.717) is 33.8 Å². The Morgan fingerprint density at radius 2 is 2.08 bits per heavy atom. The van der Waals surface area contributed by atoms with Crippen LogP contribution in [0, 0.1) is 6.92 Å². The fraction of sp³-hybridized carbons (Fsp3) is 0.176. The van der Waals surface area contributed by atoms with Crippen molar-refractivity contribution in [2.75, 3.05) is 11.5 Å². The van der Waals surface area contributed by atoms with Crippen LogP contribution in [0.2, 0.25) is 0 Å². The van der Waals surface area contributed by atoms with Crippen LogP contribution >= 0.6 is 12.4 Å². The summed E-state index contributed by atoms with van der Waals surface area (Å²) in [6.45, 7) is 1.44. The molecule has 2 rings (SSSR count). The van der Waals surface area contributed by atoms with Gasteiger partial charge in [-0.25, -0.2) is 0 Å². The molecule has 25 heavy (non-hydrogen) atoms. The van der Waals surface area contributed by atoms with E-state index >= 15 is 0 Å². The number of aromatic nitrogens is 1. The predicted molar refractivity (Wildman–Crippen MR) is 100.0 cm³/mol. The van der Waals surface area contributed by atoms with Crippen LogP contribution in [0.1, 0.15) is 22.4 Å². The fourth-order valence-electron chi connectivity index (χ4n) is 2.16. The number of nitrogens with one attached hydrogen (secondary N) is 1. The SMILES string of the molecule is Cc1ncc(CO)c(CNC(=O)/C=C/c2cc(N)ccc2N)c1O.Cl. The van der Waals surface area contributed by atoms with Crippen LogP contribution in [-0.4, -0.2) is 21.1 Å². The molecule has 1 aromatic heterocycles. The first-order valence-corrected chi connectivity index (χ1v) is 7.30. The number of anilines is 2. The second-order valence-electron chi connectivity index (χ2n) is 5.29. The van der Waals surface area contributed by atoms with Gasteiger partial charge in [-0.3, -0.25) is 9.78 Å². The normalized spacial score (nSPS) is 10.5. The van der Waals surface area contributed by atoms with Crippen molar-refractivity contribution in [1.29, 1.82) is 0 Å². The van der Waals surface area contributed by atoms with Gasteiger partial charge in [0.1, 0.15) is 5.75 Å². The van der Waals surface area contributed by atoms with Crippen LogP contribution in [0.25, 0.3) is 6.08 Å². The summed E-state index contributed by atoms with van der Waals surface area (Å²) < 4.78 is 0. The van der Waals surface area contributed by atoms with E-state index in [1.807, 2.05) is 0 Å². The minimum absolute atomic E-state index is 0. The molecule has 0 saturated heterocycles. The molecule has 0 atom stereocenters. The van der Waals surface area contributed by atoms with Gasteiger partial charge in [0, 0.05) is 41.3 Å². The standard InChI is InChI=1S/C17H20N4O3.ClH/c1-10-17(24)14(12(9-22)7-20-10)8-21-16(23)5-2-11-6-13(18)3-4-15(11)19;/h2-7,22,24H,8-9,18-19H2,1H3,(H,21,23);1H/b5-2+;. The molecule has 0 fully saturated rings. The minimum Gasteiger partial charge on any atom is -0.506 e. The van der Waals surface area contributed by atoms with E-state index in [-0.39, 0.29) is 37.2 Å². The summed E-state index contributed by atoms with van der Waals surface area (Å²) in [5.41, 5.74) is 14.5. The Morgan fingerprint density at radius 3 is 2.76 bits per heavy atom. The summed E-state index contributed by atoms with van der Waals surface area (Å²) in [5.74, 6) is -0.402. The molecule has 1 amide bonds. The number of carbonyl (C=O) groups is 1. The van der Waals surface area contributed by atoms with Crippen molar-refractivity contribution in [2.24, 2.45) is 0 Å². The van der Waals surface area contributed by atoms with Gasteiger partial charge < -0.3 is 27.0 Å². The molecule has 7 nitrogen and oxygen atoms in total. The topological polar surface area (TPSA) is 134 Å². The first kappa shape index (κ1) is 20.3. The van der Waals surface area contributed by atoms with Gasteiger partial charge in [-0.2, -0.15) is 0 Å². The summed E-state index contributed by atoms with van der Waals surface area (Å²) in [7, 11) is 0. The highest BCUT2D eigenvalue weighted by molar-refractivity contribution is 5.92. The number of nitrogens with two attached hydrogens (primary N) is 2. The average molecular weight is 365 g/mol. The molecule has 1 aromatic carbocycles. The van der Waals surface area contributed by atoms with E-state index in [1.165, 1.54) is 12.3 Å². The number of aromatic hydroxyl groups is 1. The number of aryl methyl sites for hydroxylation is 1. The van der Waals surface area contributed by atoms with Crippen LogP contribution in [0.4, 0.5) is 11.4 Å². The Labute approximate surface area is 151 Å². The summed E-state index contributed by atoms with van der Waals surface area (Å²) in [5, 5.41) is 22.0. The molecule has 134 valence electrons. The highest BCUT2D eigenvalue weighted by atomic mass is 35.5. The third kappa shape index (κ3) is 5.10. The Bertz CT molecular complexity index is 794. The lowest BCUT2D eigenvalue weighted by atomic mass is 10.1. The Kier molecular flexibility index (Phi) is 7.22. The van der Waals surface area contributed by atoms with Crippen molar-refractivity contribution in [2.45, 2.75) is 20.1 Å². The summed E-state index contributed by atoms with van der Waals surface area (Å²) in [6, 6.07) is 5.01. The van der Waals surface area contributed by atoms with Crippen LogP contribution in [0.3, 0.4) is 0 Å². The number of amides is 1. The zero-order valence-electron chi connectivity index (χ0n) is 13.7. The monoisotopic (exact) mass is 364 g/mol. The van der Waals surface area contributed by atoms with Gasteiger partial charge in [0.05, 0.1) is 12.3 Å². The molecule has 7 N–H and O–H groups in total. The molecule has 0 radical (unpaired) electrons. The van der Waals surface area contributed by atoms with Gasteiger partial charge in [0.2, 0.25) is 5.91 Å². The molecule has 0 spiro atoms. The third-order valence-corrected chi connectivity index (χ3v) is 3.57. The number of aliphatic hydroxyl groups is 1. The summed E-state index contributed by atoms with van der Waals surface area (Å²) in [6.07, 6.45) is 4.36. The number of halogens is 1. The van der Waals surface area contributed by atoms with Crippen molar-refractivity contribution in [3.05, 3.63) is 52.9 Å².